The topological polar surface area (TPSA) is 131 Å². The molecule has 4 aliphatic heterocycles. The lowest BCUT2D eigenvalue weighted by Gasteiger charge is -2.36. The van der Waals surface area contributed by atoms with E-state index in [1.54, 1.807) is 18.2 Å². The summed E-state index contributed by atoms with van der Waals surface area (Å²) in [6.45, 7) is 0.572. The van der Waals surface area contributed by atoms with Gasteiger partial charge in [0.15, 0.2) is 0 Å². The normalized spacial score (nSPS) is 28.8. The van der Waals surface area contributed by atoms with Crippen LogP contribution in [0.4, 0.5) is 17.1 Å². The second-order valence-corrected chi connectivity index (χ2v) is 9.16. The van der Waals surface area contributed by atoms with E-state index in [0.29, 0.717) is 30.0 Å². The lowest BCUT2D eigenvalue weighted by molar-refractivity contribution is -0.384. The molecule has 0 bridgehead atoms. The molecule has 4 heterocycles. The number of ether oxygens (including phenoxy) is 2. The Bertz CT molecular complexity index is 1330. The van der Waals surface area contributed by atoms with Gasteiger partial charge in [-0.2, -0.15) is 0 Å². The summed E-state index contributed by atoms with van der Waals surface area (Å²) >= 11 is 0. The predicted molar refractivity (Wildman–Crippen MR) is 122 cm³/mol. The van der Waals surface area contributed by atoms with Gasteiger partial charge in [-0.15, -0.1) is 0 Å². The molecule has 2 aromatic rings. The molecule has 35 heavy (non-hydrogen) atoms. The van der Waals surface area contributed by atoms with Crippen LogP contribution in [0, 0.1) is 22.0 Å². The number of hydrogen-bond donors (Lipinski definition) is 1. The number of benzene rings is 2. The first kappa shape index (κ1) is 21.5. The van der Waals surface area contributed by atoms with E-state index in [4.69, 9.17) is 9.47 Å². The Morgan fingerprint density at radius 1 is 1.09 bits per heavy atom. The lowest BCUT2D eigenvalue weighted by Crippen LogP contribution is -2.54. The zero-order valence-electron chi connectivity index (χ0n) is 19.0. The quantitative estimate of drug-likeness (QED) is 0.401. The summed E-state index contributed by atoms with van der Waals surface area (Å²) in [5, 5.41) is 14.3. The summed E-state index contributed by atoms with van der Waals surface area (Å²) in [5.74, 6) is -2.46. The van der Waals surface area contributed by atoms with E-state index >= 15 is 0 Å². The summed E-state index contributed by atoms with van der Waals surface area (Å²) in [6, 6.07) is 8.69. The van der Waals surface area contributed by atoms with Crippen LogP contribution in [0.25, 0.3) is 0 Å². The highest BCUT2D eigenvalue weighted by molar-refractivity contribution is 6.26. The molecule has 11 heteroatoms. The minimum Gasteiger partial charge on any atom is -0.497 e. The van der Waals surface area contributed by atoms with Gasteiger partial charge in [-0.05, 0) is 43.7 Å². The van der Waals surface area contributed by atoms with Crippen LogP contribution in [-0.4, -0.2) is 54.4 Å². The van der Waals surface area contributed by atoms with Gasteiger partial charge in [0.1, 0.15) is 22.7 Å². The van der Waals surface area contributed by atoms with E-state index in [9.17, 15) is 24.5 Å². The number of nitrogens with zero attached hydrogens (tertiary/aromatic N) is 3. The molecule has 1 spiro atoms. The highest BCUT2D eigenvalue weighted by Gasteiger charge is 2.74. The van der Waals surface area contributed by atoms with Gasteiger partial charge in [-0.1, -0.05) is 0 Å². The van der Waals surface area contributed by atoms with Gasteiger partial charge >= 0.3 is 0 Å². The molecule has 3 fully saturated rings. The Hall–Kier alpha value is -3.99. The van der Waals surface area contributed by atoms with Crippen LogP contribution in [0.15, 0.2) is 36.4 Å². The molecular formula is C24H22N4O7. The van der Waals surface area contributed by atoms with Crippen molar-refractivity contribution in [3.05, 3.63) is 52.1 Å². The number of imide groups is 1. The molecular weight excluding hydrogens is 456 g/mol. The van der Waals surface area contributed by atoms with E-state index < -0.39 is 34.1 Å². The Labute approximate surface area is 199 Å². The van der Waals surface area contributed by atoms with Gasteiger partial charge in [-0.3, -0.25) is 29.4 Å². The number of carbonyl (C=O) groups excluding carboxylic acids is 3. The van der Waals surface area contributed by atoms with Crippen molar-refractivity contribution < 1.29 is 28.8 Å². The average Bonchev–Trinajstić information content (AvgIpc) is 3.56. The first-order valence-corrected chi connectivity index (χ1v) is 11.3. The average molecular weight is 478 g/mol. The molecule has 0 radical (unpaired) electrons. The molecule has 3 saturated heterocycles. The maximum atomic E-state index is 14.1. The molecule has 3 amide bonds. The van der Waals surface area contributed by atoms with Crippen molar-refractivity contribution >= 4 is 34.8 Å². The number of rotatable bonds is 4. The van der Waals surface area contributed by atoms with Gasteiger partial charge in [0.2, 0.25) is 17.7 Å². The van der Waals surface area contributed by atoms with E-state index in [-0.39, 0.29) is 29.1 Å². The fraction of sp³-hybridized carbons (Fsp3) is 0.375. The Morgan fingerprint density at radius 3 is 2.60 bits per heavy atom. The number of anilines is 2. The van der Waals surface area contributed by atoms with E-state index in [0.717, 1.165) is 11.3 Å². The van der Waals surface area contributed by atoms with Crippen molar-refractivity contribution in [2.24, 2.45) is 11.8 Å². The largest absolute Gasteiger partial charge is 0.497 e. The van der Waals surface area contributed by atoms with Crippen LogP contribution in [0.1, 0.15) is 18.4 Å². The molecule has 0 unspecified atom stereocenters. The molecule has 2 aromatic carbocycles. The van der Waals surface area contributed by atoms with Crippen LogP contribution < -0.4 is 19.7 Å². The van der Waals surface area contributed by atoms with Crippen molar-refractivity contribution in [1.29, 1.82) is 0 Å². The number of nitro benzene ring substituents is 1. The van der Waals surface area contributed by atoms with Crippen molar-refractivity contribution in [1.82, 2.24) is 4.90 Å². The second kappa shape index (κ2) is 7.25. The molecule has 11 nitrogen and oxygen atoms in total. The third kappa shape index (κ3) is 2.55. The molecule has 0 aromatic heterocycles. The number of methoxy groups -OCH3 is 2. The number of hydrogen-bond acceptors (Lipinski definition) is 8. The molecule has 6 rings (SSSR count). The number of nitro groups is 1. The van der Waals surface area contributed by atoms with Crippen LogP contribution in [0.3, 0.4) is 0 Å². The van der Waals surface area contributed by atoms with Crippen LogP contribution in [0.5, 0.6) is 11.5 Å². The third-order valence-corrected chi connectivity index (χ3v) is 7.81. The van der Waals surface area contributed by atoms with Gasteiger partial charge < -0.3 is 14.8 Å². The highest BCUT2D eigenvalue weighted by Crippen LogP contribution is 2.61. The fourth-order valence-corrected chi connectivity index (χ4v) is 6.51. The number of non-ortho nitro benzene ring substituents is 1. The standard InChI is InChI=1S/C24H22N4O7/c1-34-13-6-7-15-14(11-13)24(23(31)25-15)20-19(16-4-3-9-26(16)24)21(29)27(22(20)30)17-10-12(28(32)33)5-8-18(17)35-2/h5-8,10-11,16,19-20H,3-4,9H2,1-2H3,(H,25,31)/t16-,19-,20-,24+/m1/s1. The van der Waals surface area contributed by atoms with Gasteiger partial charge in [0.05, 0.1) is 31.0 Å². The Balaban J connectivity index is 1.55. The highest BCUT2D eigenvalue weighted by atomic mass is 16.6. The summed E-state index contributed by atoms with van der Waals surface area (Å²) in [4.78, 5) is 55.5. The minimum absolute atomic E-state index is 0.00932. The first-order valence-electron chi connectivity index (χ1n) is 11.3. The summed E-state index contributed by atoms with van der Waals surface area (Å²) < 4.78 is 10.8. The molecule has 180 valence electrons. The van der Waals surface area contributed by atoms with E-state index in [1.165, 1.54) is 32.4 Å². The zero-order chi connectivity index (χ0) is 24.6. The number of amides is 3. The van der Waals surface area contributed by atoms with Gasteiger partial charge in [0.25, 0.3) is 5.69 Å². The second-order valence-electron chi connectivity index (χ2n) is 9.16. The Kier molecular flexibility index (Phi) is 4.46. The van der Waals surface area contributed by atoms with Crippen molar-refractivity contribution in [2.45, 2.75) is 24.4 Å². The summed E-state index contributed by atoms with van der Waals surface area (Å²) in [5.41, 5.74) is -0.450. The smallest absolute Gasteiger partial charge is 0.271 e. The third-order valence-electron chi connectivity index (χ3n) is 7.81. The number of carbonyl (C=O) groups is 3. The van der Waals surface area contributed by atoms with Crippen LogP contribution >= 0.6 is 0 Å². The SMILES string of the molecule is COc1ccc2c(c1)[C@@]1(C(=O)N2)[C@H]2C(=O)N(c3cc([N+](=O)[O-])ccc3OC)C(=O)[C@@H]2[C@H]2CCCN21. The monoisotopic (exact) mass is 478 g/mol. The van der Waals surface area contributed by atoms with E-state index in [2.05, 4.69) is 5.32 Å². The van der Waals surface area contributed by atoms with E-state index in [1.807, 2.05) is 4.90 Å². The van der Waals surface area contributed by atoms with Gasteiger partial charge in [0, 0.05) is 29.4 Å². The van der Waals surface area contributed by atoms with Crippen molar-refractivity contribution in [2.75, 3.05) is 31.0 Å². The zero-order valence-corrected chi connectivity index (χ0v) is 19.0. The molecule has 0 saturated carbocycles. The van der Waals surface area contributed by atoms with Gasteiger partial charge in [-0.25, -0.2) is 4.90 Å². The molecule has 0 aliphatic carbocycles. The van der Waals surface area contributed by atoms with Crippen molar-refractivity contribution in [3.8, 4) is 11.5 Å². The molecule has 4 atom stereocenters. The number of nitrogens with one attached hydrogen (secondary N) is 1. The first-order chi connectivity index (χ1) is 16.8. The lowest BCUT2D eigenvalue weighted by atomic mass is 9.75. The van der Waals surface area contributed by atoms with Crippen LogP contribution in [0.2, 0.25) is 0 Å². The predicted octanol–water partition coefficient (Wildman–Crippen LogP) is 2.04. The molecule has 4 aliphatic rings. The summed E-state index contributed by atoms with van der Waals surface area (Å²) in [6.07, 6.45) is 1.44. The van der Waals surface area contributed by atoms with Crippen LogP contribution in [-0.2, 0) is 19.9 Å². The maximum absolute atomic E-state index is 14.1. The summed E-state index contributed by atoms with van der Waals surface area (Å²) in [7, 11) is 2.89. The number of fused-ring (bicyclic) bond motifs is 7. The molecule has 1 N–H and O–H groups in total. The minimum atomic E-state index is -1.37. The Morgan fingerprint density at radius 2 is 1.89 bits per heavy atom. The maximum Gasteiger partial charge on any atom is 0.271 e. The van der Waals surface area contributed by atoms with Crippen molar-refractivity contribution in [3.63, 3.8) is 0 Å². The fourth-order valence-electron chi connectivity index (χ4n) is 6.51.